The van der Waals surface area contributed by atoms with Gasteiger partial charge in [0.15, 0.2) is 0 Å². The van der Waals surface area contributed by atoms with E-state index in [0.29, 0.717) is 17.3 Å². The smallest absolute Gasteiger partial charge is 0.121 e. The fourth-order valence-corrected chi connectivity index (χ4v) is 2.50. The van der Waals surface area contributed by atoms with Crippen LogP contribution in [0.5, 0.6) is 5.75 Å². The number of aromatic hydroxyl groups is 1. The second-order valence-electron chi connectivity index (χ2n) is 4.62. The van der Waals surface area contributed by atoms with E-state index in [1.165, 1.54) is 0 Å². The maximum absolute atomic E-state index is 10.1. The average molecular weight is 284 g/mol. The van der Waals surface area contributed by atoms with Crippen molar-refractivity contribution < 1.29 is 5.11 Å². The molecule has 0 radical (unpaired) electrons. The molecule has 3 aromatic rings. The van der Waals surface area contributed by atoms with Crippen LogP contribution in [0.25, 0.3) is 10.8 Å². The molecule has 0 atom stereocenters. The Morgan fingerprint density at radius 2 is 1.65 bits per heavy atom. The molecule has 3 heteroatoms. The molecule has 0 aliphatic rings. The van der Waals surface area contributed by atoms with Gasteiger partial charge in [0.25, 0.3) is 0 Å². The summed E-state index contributed by atoms with van der Waals surface area (Å²) in [7, 11) is 0. The van der Waals surface area contributed by atoms with E-state index < -0.39 is 0 Å². The van der Waals surface area contributed by atoms with E-state index in [4.69, 9.17) is 11.6 Å². The van der Waals surface area contributed by atoms with Gasteiger partial charge in [-0.15, -0.1) is 0 Å². The van der Waals surface area contributed by atoms with Crippen LogP contribution < -0.4 is 5.32 Å². The standard InChI is InChI=1S/C17H14ClNO/c18-15-7-3-4-8-16(15)19-11-14-13-6-2-1-5-12(13)9-10-17(14)20/h1-10,19-20H,11H2. The van der Waals surface area contributed by atoms with Crippen molar-refractivity contribution >= 4 is 28.1 Å². The lowest BCUT2D eigenvalue weighted by molar-refractivity contribution is 0.470. The Morgan fingerprint density at radius 3 is 2.50 bits per heavy atom. The van der Waals surface area contributed by atoms with Crippen LogP contribution in [0.4, 0.5) is 5.69 Å². The van der Waals surface area contributed by atoms with Crippen molar-refractivity contribution in [3.05, 3.63) is 71.2 Å². The minimum absolute atomic E-state index is 0.295. The third-order valence-electron chi connectivity index (χ3n) is 3.35. The van der Waals surface area contributed by atoms with Gasteiger partial charge in [0, 0.05) is 12.1 Å². The minimum atomic E-state index is 0.295. The van der Waals surface area contributed by atoms with Crippen LogP contribution in [0.1, 0.15) is 5.56 Å². The third kappa shape index (κ3) is 2.43. The summed E-state index contributed by atoms with van der Waals surface area (Å²) in [6.07, 6.45) is 0. The monoisotopic (exact) mass is 283 g/mol. The molecule has 3 aromatic carbocycles. The Balaban J connectivity index is 1.95. The second kappa shape index (κ2) is 5.43. The summed E-state index contributed by atoms with van der Waals surface area (Å²) in [6.45, 7) is 0.525. The normalized spacial score (nSPS) is 10.7. The number of phenols is 1. The van der Waals surface area contributed by atoms with Gasteiger partial charge in [0.1, 0.15) is 5.75 Å². The topological polar surface area (TPSA) is 32.3 Å². The summed E-state index contributed by atoms with van der Waals surface area (Å²) in [6, 6.07) is 19.2. The molecule has 2 nitrogen and oxygen atoms in total. The summed E-state index contributed by atoms with van der Waals surface area (Å²) in [5, 5.41) is 16.2. The van der Waals surface area contributed by atoms with Gasteiger partial charge in [0.05, 0.1) is 10.7 Å². The molecule has 0 bridgehead atoms. The fraction of sp³-hybridized carbons (Fsp3) is 0.0588. The Hall–Kier alpha value is -2.19. The van der Waals surface area contributed by atoms with Gasteiger partial charge in [-0.2, -0.15) is 0 Å². The third-order valence-corrected chi connectivity index (χ3v) is 3.67. The van der Waals surface area contributed by atoms with Crippen molar-refractivity contribution in [1.82, 2.24) is 0 Å². The SMILES string of the molecule is Oc1ccc2ccccc2c1CNc1ccccc1Cl. The molecule has 0 heterocycles. The van der Waals surface area contributed by atoms with Crippen LogP contribution >= 0.6 is 11.6 Å². The molecule has 20 heavy (non-hydrogen) atoms. The molecule has 100 valence electrons. The first kappa shape index (κ1) is 12.8. The van der Waals surface area contributed by atoms with Crippen LogP contribution in [0.15, 0.2) is 60.7 Å². The number of fused-ring (bicyclic) bond motifs is 1. The molecule has 3 rings (SSSR count). The summed E-state index contributed by atoms with van der Waals surface area (Å²) < 4.78 is 0. The first-order valence-electron chi connectivity index (χ1n) is 6.44. The Bertz CT molecular complexity index is 755. The number of anilines is 1. The highest BCUT2D eigenvalue weighted by Crippen LogP contribution is 2.29. The minimum Gasteiger partial charge on any atom is -0.508 e. The molecule has 0 aliphatic carbocycles. The van der Waals surface area contributed by atoms with Gasteiger partial charge in [-0.3, -0.25) is 0 Å². The average Bonchev–Trinajstić information content (AvgIpc) is 2.48. The summed E-state index contributed by atoms with van der Waals surface area (Å²) >= 11 is 6.12. The molecule has 0 fully saturated rings. The highest BCUT2D eigenvalue weighted by atomic mass is 35.5. The van der Waals surface area contributed by atoms with E-state index in [1.807, 2.05) is 54.6 Å². The molecular weight excluding hydrogens is 270 g/mol. The second-order valence-corrected chi connectivity index (χ2v) is 5.02. The lowest BCUT2D eigenvalue weighted by Gasteiger charge is -2.12. The number of para-hydroxylation sites is 1. The molecule has 0 aromatic heterocycles. The molecule has 0 saturated heterocycles. The van der Waals surface area contributed by atoms with Crippen LogP contribution in [0.2, 0.25) is 5.02 Å². The van der Waals surface area contributed by atoms with Crippen molar-refractivity contribution in [3.8, 4) is 5.75 Å². The van der Waals surface area contributed by atoms with Crippen LogP contribution in [-0.2, 0) is 6.54 Å². The number of benzene rings is 3. The van der Waals surface area contributed by atoms with E-state index in [1.54, 1.807) is 6.07 Å². The predicted octanol–water partition coefficient (Wildman–Crippen LogP) is 4.81. The van der Waals surface area contributed by atoms with Crippen molar-refractivity contribution in [1.29, 1.82) is 0 Å². The fourth-order valence-electron chi connectivity index (χ4n) is 2.30. The quantitative estimate of drug-likeness (QED) is 0.723. The number of hydrogen-bond donors (Lipinski definition) is 2. The summed E-state index contributed by atoms with van der Waals surface area (Å²) in [4.78, 5) is 0. The summed E-state index contributed by atoms with van der Waals surface area (Å²) in [5.41, 5.74) is 1.74. The number of phenolic OH excluding ortho intramolecular Hbond substituents is 1. The van der Waals surface area contributed by atoms with E-state index in [-0.39, 0.29) is 0 Å². The van der Waals surface area contributed by atoms with Gasteiger partial charge >= 0.3 is 0 Å². The van der Waals surface area contributed by atoms with Crippen LogP contribution in [-0.4, -0.2) is 5.11 Å². The van der Waals surface area contributed by atoms with Gasteiger partial charge < -0.3 is 10.4 Å². The lowest BCUT2D eigenvalue weighted by Crippen LogP contribution is -2.01. The van der Waals surface area contributed by atoms with Crippen molar-refractivity contribution in [2.24, 2.45) is 0 Å². The van der Waals surface area contributed by atoms with E-state index in [0.717, 1.165) is 22.0 Å². The Kier molecular flexibility index (Phi) is 3.48. The molecule has 0 amide bonds. The first-order valence-corrected chi connectivity index (χ1v) is 6.81. The molecule has 0 saturated carbocycles. The highest BCUT2D eigenvalue weighted by molar-refractivity contribution is 6.33. The van der Waals surface area contributed by atoms with Crippen molar-refractivity contribution in [2.75, 3.05) is 5.32 Å². The molecule has 0 aliphatic heterocycles. The van der Waals surface area contributed by atoms with E-state index >= 15 is 0 Å². The van der Waals surface area contributed by atoms with Crippen LogP contribution in [0.3, 0.4) is 0 Å². The first-order chi connectivity index (χ1) is 9.75. The molecule has 0 spiro atoms. The van der Waals surface area contributed by atoms with Gasteiger partial charge in [-0.25, -0.2) is 0 Å². The Labute approximate surface area is 122 Å². The zero-order chi connectivity index (χ0) is 13.9. The van der Waals surface area contributed by atoms with Gasteiger partial charge in [0.2, 0.25) is 0 Å². The maximum atomic E-state index is 10.1. The van der Waals surface area contributed by atoms with Crippen molar-refractivity contribution in [3.63, 3.8) is 0 Å². The number of halogens is 1. The zero-order valence-electron chi connectivity index (χ0n) is 10.8. The number of nitrogens with one attached hydrogen (secondary N) is 1. The predicted molar refractivity (Wildman–Crippen MR) is 84.4 cm³/mol. The molecule has 0 unspecified atom stereocenters. The van der Waals surface area contributed by atoms with Gasteiger partial charge in [-0.1, -0.05) is 54.1 Å². The lowest BCUT2D eigenvalue weighted by atomic mass is 10.0. The van der Waals surface area contributed by atoms with E-state index in [9.17, 15) is 5.11 Å². The van der Waals surface area contributed by atoms with Crippen molar-refractivity contribution in [2.45, 2.75) is 6.54 Å². The van der Waals surface area contributed by atoms with E-state index in [2.05, 4.69) is 5.32 Å². The number of rotatable bonds is 3. The number of hydrogen-bond acceptors (Lipinski definition) is 2. The zero-order valence-corrected chi connectivity index (χ0v) is 11.6. The molecule has 2 N–H and O–H groups in total. The summed E-state index contributed by atoms with van der Waals surface area (Å²) in [5.74, 6) is 0.295. The maximum Gasteiger partial charge on any atom is 0.121 e. The highest BCUT2D eigenvalue weighted by Gasteiger charge is 2.07. The van der Waals surface area contributed by atoms with Crippen LogP contribution in [0, 0.1) is 0 Å². The largest absolute Gasteiger partial charge is 0.508 e. The Morgan fingerprint density at radius 1 is 0.900 bits per heavy atom. The van der Waals surface area contributed by atoms with Gasteiger partial charge in [-0.05, 0) is 29.0 Å². The molecular formula is C17H14ClNO.